The molecule has 0 aliphatic carbocycles. The smallest absolute Gasteiger partial charge is 0.0141 e. The highest BCUT2D eigenvalue weighted by Gasteiger charge is 1.97. The summed E-state index contributed by atoms with van der Waals surface area (Å²) in [5, 5.41) is 2.90. The van der Waals surface area contributed by atoms with E-state index in [9.17, 15) is 0 Å². The molecule has 0 saturated heterocycles. The van der Waals surface area contributed by atoms with Crippen LogP contribution in [0.2, 0.25) is 0 Å². The summed E-state index contributed by atoms with van der Waals surface area (Å²) < 4.78 is 0. The molecule has 68 valence electrons. The van der Waals surface area contributed by atoms with Crippen LogP contribution in [0.3, 0.4) is 0 Å². The van der Waals surface area contributed by atoms with Crippen molar-refractivity contribution in [2.24, 2.45) is 0 Å². The number of hydrogen-bond acceptors (Lipinski definition) is 0. The minimum absolute atomic E-state index is 0.0721. The lowest BCUT2D eigenvalue weighted by atomic mass is 10.2. The zero-order valence-electron chi connectivity index (χ0n) is 8.03. The third kappa shape index (κ3) is 1.95. The fourth-order valence-electron chi connectivity index (χ4n) is 1.61. The molecule has 1 aromatic heterocycles. The molecule has 2 rings (SSSR count). The van der Waals surface area contributed by atoms with Crippen molar-refractivity contribution in [3.8, 4) is 0 Å². The molecule has 0 fully saturated rings. The first-order valence-corrected chi connectivity index (χ1v) is 6.61. The summed E-state index contributed by atoms with van der Waals surface area (Å²) in [5.41, 5.74) is 0. The van der Waals surface area contributed by atoms with Crippen LogP contribution in [-0.4, -0.2) is 0 Å². The van der Waals surface area contributed by atoms with Crippen LogP contribution >= 0.6 is 7.53 Å². The predicted molar refractivity (Wildman–Crippen MR) is 61.6 cm³/mol. The first-order chi connectivity index (χ1) is 6.40. The predicted octanol–water partition coefficient (Wildman–Crippen LogP) is 4.63. The van der Waals surface area contributed by atoms with Crippen LogP contribution < -0.4 is 0 Å². The number of fused-ring (bicyclic) bond motifs is 1. The van der Waals surface area contributed by atoms with Gasteiger partial charge in [-0.1, -0.05) is 37.6 Å². The largest absolute Gasteiger partial charge is 0.124 e. The Hall–Kier alpha value is -0.740. The van der Waals surface area contributed by atoms with Gasteiger partial charge in [-0.05, 0) is 35.0 Å². The van der Waals surface area contributed by atoms with E-state index in [2.05, 4.69) is 42.8 Å². The Bertz CT molecular complexity index is 354. The molecule has 1 aromatic carbocycles. The van der Waals surface area contributed by atoms with Crippen molar-refractivity contribution in [3.05, 3.63) is 35.9 Å². The van der Waals surface area contributed by atoms with Crippen LogP contribution in [0.4, 0.5) is 0 Å². The zero-order valence-corrected chi connectivity index (χ0v) is 8.93. The van der Waals surface area contributed by atoms with E-state index in [1.54, 1.807) is 0 Å². The van der Waals surface area contributed by atoms with Gasteiger partial charge < -0.3 is 0 Å². The quantitative estimate of drug-likeness (QED) is 0.662. The van der Waals surface area contributed by atoms with Gasteiger partial charge in [-0.3, -0.25) is 0 Å². The molecule has 0 saturated carbocycles. The van der Waals surface area contributed by atoms with E-state index in [1.165, 1.54) is 29.8 Å². The van der Waals surface area contributed by atoms with Crippen LogP contribution in [0.15, 0.2) is 35.9 Å². The topological polar surface area (TPSA) is 0 Å². The molecule has 0 spiro atoms. The van der Waals surface area contributed by atoms with Gasteiger partial charge in [-0.25, -0.2) is 0 Å². The summed E-state index contributed by atoms with van der Waals surface area (Å²) in [6.07, 6.45) is 4.06. The average Bonchev–Trinajstić information content (AvgIpc) is 2.57. The molecule has 1 heteroatoms. The van der Waals surface area contributed by atoms with Crippen molar-refractivity contribution in [1.82, 2.24) is 0 Å². The van der Waals surface area contributed by atoms with Gasteiger partial charge in [0.15, 0.2) is 0 Å². The second-order valence-electron chi connectivity index (χ2n) is 3.48. The molecular weight excluding hydrogens is 175 g/mol. The van der Waals surface area contributed by atoms with Crippen molar-refractivity contribution < 1.29 is 0 Å². The second-order valence-corrected chi connectivity index (χ2v) is 5.47. The summed E-state index contributed by atoms with van der Waals surface area (Å²) in [6, 6.07) is 8.70. The Morgan fingerprint density at radius 3 is 2.23 bits per heavy atom. The minimum atomic E-state index is 0.0721. The lowest BCUT2D eigenvalue weighted by Gasteiger charge is -1.93. The number of benzene rings is 1. The minimum Gasteiger partial charge on any atom is -0.124 e. The van der Waals surface area contributed by atoms with Gasteiger partial charge in [0.05, 0.1) is 0 Å². The van der Waals surface area contributed by atoms with E-state index >= 15 is 0 Å². The molecule has 0 radical (unpaired) electrons. The third-order valence-electron chi connectivity index (χ3n) is 2.38. The molecule has 0 bridgehead atoms. The third-order valence-corrected chi connectivity index (χ3v) is 4.43. The average molecular weight is 190 g/mol. The Balaban J connectivity index is 2.28. The van der Waals surface area contributed by atoms with E-state index in [0.717, 1.165) is 0 Å². The maximum absolute atomic E-state index is 2.46. The highest BCUT2D eigenvalue weighted by Crippen LogP contribution is 2.36. The molecule has 0 atom stereocenters. The van der Waals surface area contributed by atoms with Crippen LogP contribution in [-0.2, 0) is 6.16 Å². The van der Waals surface area contributed by atoms with Crippen molar-refractivity contribution in [2.45, 2.75) is 25.9 Å². The van der Waals surface area contributed by atoms with Gasteiger partial charge in [0.2, 0.25) is 0 Å². The van der Waals surface area contributed by atoms with Crippen LogP contribution in [0.5, 0.6) is 0 Å². The van der Waals surface area contributed by atoms with Crippen LogP contribution in [0.1, 0.15) is 19.8 Å². The SMILES string of the molecule is CCCCp1cc2ccccc2c1. The maximum Gasteiger partial charge on any atom is -0.0141 e. The molecule has 0 aliphatic heterocycles. The Kier molecular flexibility index (Phi) is 2.71. The molecule has 2 aromatic rings. The van der Waals surface area contributed by atoms with Gasteiger partial charge in [0, 0.05) is 0 Å². The monoisotopic (exact) mass is 190 g/mol. The molecule has 0 aliphatic rings. The van der Waals surface area contributed by atoms with Gasteiger partial charge in [-0.2, -0.15) is 0 Å². The summed E-state index contributed by atoms with van der Waals surface area (Å²) >= 11 is 0. The first-order valence-electron chi connectivity index (χ1n) is 4.94. The summed E-state index contributed by atoms with van der Waals surface area (Å²) in [7, 11) is 0.0721. The summed E-state index contributed by atoms with van der Waals surface area (Å²) in [4.78, 5) is 0. The Morgan fingerprint density at radius 2 is 1.69 bits per heavy atom. The van der Waals surface area contributed by atoms with E-state index in [4.69, 9.17) is 0 Å². The molecule has 0 amide bonds. The van der Waals surface area contributed by atoms with E-state index < -0.39 is 0 Å². The summed E-state index contributed by atoms with van der Waals surface area (Å²) in [5.74, 6) is 4.92. The highest BCUT2D eigenvalue weighted by molar-refractivity contribution is 7.48. The highest BCUT2D eigenvalue weighted by atomic mass is 31.1. The second kappa shape index (κ2) is 3.98. The normalized spacial score (nSPS) is 10.8. The molecule has 1 heterocycles. The molecule has 0 N–H and O–H groups in total. The standard InChI is InChI=1S/C12H15P/c1-2-3-8-13-9-11-6-4-5-7-12(11)10-13/h4-7,9-10H,2-3,8H2,1H3. The fraction of sp³-hybridized carbons (Fsp3) is 0.333. The Morgan fingerprint density at radius 1 is 1.08 bits per heavy atom. The van der Waals surface area contributed by atoms with Crippen molar-refractivity contribution >= 4 is 18.3 Å². The zero-order chi connectivity index (χ0) is 9.10. The van der Waals surface area contributed by atoms with Crippen molar-refractivity contribution in [3.63, 3.8) is 0 Å². The fourth-order valence-corrected chi connectivity index (χ4v) is 3.81. The van der Waals surface area contributed by atoms with E-state index in [0.29, 0.717) is 0 Å². The van der Waals surface area contributed by atoms with Crippen LogP contribution in [0, 0.1) is 0 Å². The first kappa shape index (κ1) is 8.84. The number of aryl methyl sites for hydroxylation is 1. The lowest BCUT2D eigenvalue weighted by molar-refractivity contribution is 0.855. The van der Waals surface area contributed by atoms with Gasteiger partial charge >= 0.3 is 0 Å². The molecule has 0 unspecified atom stereocenters. The van der Waals surface area contributed by atoms with Gasteiger partial charge in [-0.15, -0.1) is 7.53 Å². The van der Waals surface area contributed by atoms with Crippen molar-refractivity contribution in [1.29, 1.82) is 0 Å². The van der Waals surface area contributed by atoms with E-state index in [-0.39, 0.29) is 7.53 Å². The van der Waals surface area contributed by atoms with Gasteiger partial charge in [0.1, 0.15) is 0 Å². The molecular formula is C12H15P. The molecule has 13 heavy (non-hydrogen) atoms. The number of unbranched alkanes of at least 4 members (excludes halogenated alkanes) is 1. The molecule has 0 nitrogen and oxygen atoms in total. The lowest BCUT2D eigenvalue weighted by Crippen LogP contribution is -1.66. The number of hydrogen-bond donors (Lipinski definition) is 0. The van der Waals surface area contributed by atoms with Crippen molar-refractivity contribution in [2.75, 3.05) is 0 Å². The van der Waals surface area contributed by atoms with Gasteiger partial charge in [0.25, 0.3) is 0 Å². The summed E-state index contributed by atoms with van der Waals surface area (Å²) in [6.45, 7) is 2.26. The van der Waals surface area contributed by atoms with Crippen LogP contribution in [0.25, 0.3) is 10.8 Å². The van der Waals surface area contributed by atoms with E-state index in [1.807, 2.05) is 0 Å². The maximum atomic E-state index is 2.46. The Labute approximate surface area is 80.6 Å². The number of rotatable bonds is 3.